The van der Waals surface area contributed by atoms with Crippen LogP contribution in [-0.2, 0) is 13.0 Å². The van der Waals surface area contributed by atoms with Gasteiger partial charge in [-0.15, -0.1) is 0 Å². The van der Waals surface area contributed by atoms with Crippen molar-refractivity contribution in [1.29, 1.82) is 0 Å². The molecule has 20 heavy (non-hydrogen) atoms. The molecule has 1 aromatic heterocycles. The first-order valence-corrected chi connectivity index (χ1v) is 8.15. The highest BCUT2D eigenvalue weighted by atomic mass is 35.5. The van der Waals surface area contributed by atoms with E-state index >= 15 is 0 Å². The molecule has 1 saturated carbocycles. The second-order valence-corrected chi connectivity index (χ2v) is 7.60. The molecule has 0 aromatic carbocycles. The quantitative estimate of drug-likeness (QED) is 0.854. The molecule has 1 fully saturated rings. The lowest BCUT2D eigenvalue weighted by Gasteiger charge is -2.29. The number of nitrogens with zero attached hydrogens (tertiary/aromatic N) is 2. The number of rotatable bonds is 3. The van der Waals surface area contributed by atoms with E-state index in [0.29, 0.717) is 5.41 Å². The summed E-state index contributed by atoms with van der Waals surface area (Å²) in [6.45, 7) is 9.63. The fourth-order valence-electron chi connectivity index (χ4n) is 3.30. The smallest absolute Gasteiger partial charge is 0.0847 e. The average molecular weight is 298 g/mol. The topological polar surface area (TPSA) is 43.8 Å². The minimum atomic E-state index is -0.128. The summed E-state index contributed by atoms with van der Waals surface area (Å²) in [7, 11) is 0. The highest BCUT2D eigenvalue weighted by Crippen LogP contribution is 2.39. The van der Waals surface area contributed by atoms with Gasteiger partial charge in [0.25, 0.3) is 0 Å². The zero-order valence-corrected chi connectivity index (χ0v) is 14.1. The largest absolute Gasteiger partial charge is 0.325 e. The highest BCUT2D eigenvalue weighted by molar-refractivity contribution is 6.31. The average Bonchev–Trinajstić information content (AvgIpc) is 2.55. The fourth-order valence-corrected chi connectivity index (χ4v) is 3.51. The Morgan fingerprint density at radius 1 is 1.25 bits per heavy atom. The molecule has 3 nitrogen and oxygen atoms in total. The van der Waals surface area contributed by atoms with E-state index in [1.807, 2.05) is 11.6 Å². The second-order valence-electron chi connectivity index (χ2n) is 7.22. The maximum atomic E-state index is 6.71. The van der Waals surface area contributed by atoms with Crippen molar-refractivity contribution in [1.82, 2.24) is 9.78 Å². The Kier molecular flexibility index (Phi) is 4.50. The van der Waals surface area contributed by atoms with Crippen LogP contribution in [0.1, 0.15) is 64.3 Å². The van der Waals surface area contributed by atoms with Crippen molar-refractivity contribution in [2.45, 2.75) is 78.3 Å². The third kappa shape index (κ3) is 3.37. The third-order valence-electron chi connectivity index (χ3n) is 4.80. The van der Waals surface area contributed by atoms with Crippen LogP contribution in [0.2, 0.25) is 5.02 Å². The molecule has 0 spiro atoms. The molecule has 2 rings (SSSR count). The second kappa shape index (κ2) is 5.69. The zero-order valence-electron chi connectivity index (χ0n) is 13.3. The van der Waals surface area contributed by atoms with Crippen LogP contribution in [0.15, 0.2) is 0 Å². The molecule has 1 heterocycles. The number of hydrogen-bond donors (Lipinski definition) is 1. The van der Waals surface area contributed by atoms with Crippen LogP contribution in [0.4, 0.5) is 0 Å². The van der Waals surface area contributed by atoms with Gasteiger partial charge in [0.2, 0.25) is 0 Å². The molecule has 4 heteroatoms. The minimum Gasteiger partial charge on any atom is -0.325 e. The van der Waals surface area contributed by atoms with Crippen molar-refractivity contribution in [2.24, 2.45) is 11.1 Å². The standard InChI is InChI=1S/C16H28ClN3/c1-5-20-13(14(17)12(2)19-20)11-16(18)8-6-7-15(3,4)9-10-16/h5-11,18H2,1-4H3. The lowest BCUT2D eigenvalue weighted by atomic mass is 9.82. The predicted molar refractivity (Wildman–Crippen MR) is 85.1 cm³/mol. The van der Waals surface area contributed by atoms with Gasteiger partial charge in [0, 0.05) is 18.5 Å². The van der Waals surface area contributed by atoms with Gasteiger partial charge in [-0.25, -0.2) is 0 Å². The molecule has 1 unspecified atom stereocenters. The van der Waals surface area contributed by atoms with E-state index < -0.39 is 0 Å². The van der Waals surface area contributed by atoms with E-state index in [-0.39, 0.29) is 5.54 Å². The van der Waals surface area contributed by atoms with Crippen LogP contribution < -0.4 is 5.73 Å². The predicted octanol–water partition coefficient (Wildman–Crippen LogP) is 4.10. The molecule has 1 aliphatic carbocycles. The summed E-state index contributed by atoms with van der Waals surface area (Å²) in [5.41, 5.74) is 9.05. The first-order valence-electron chi connectivity index (χ1n) is 7.77. The van der Waals surface area contributed by atoms with Crippen molar-refractivity contribution in [2.75, 3.05) is 0 Å². The number of aromatic nitrogens is 2. The van der Waals surface area contributed by atoms with Crippen molar-refractivity contribution in [3.63, 3.8) is 0 Å². The van der Waals surface area contributed by atoms with E-state index in [4.69, 9.17) is 17.3 Å². The van der Waals surface area contributed by atoms with Crippen LogP contribution >= 0.6 is 11.6 Å². The summed E-state index contributed by atoms with van der Waals surface area (Å²) in [6.07, 6.45) is 6.67. The van der Waals surface area contributed by atoms with E-state index in [9.17, 15) is 0 Å². The summed E-state index contributed by atoms with van der Waals surface area (Å²) >= 11 is 6.43. The van der Waals surface area contributed by atoms with Gasteiger partial charge in [0.1, 0.15) is 0 Å². The van der Waals surface area contributed by atoms with Gasteiger partial charge in [-0.1, -0.05) is 31.9 Å². The SMILES string of the molecule is CCn1nc(C)c(Cl)c1CC1(N)CCCC(C)(C)CC1. The first-order chi connectivity index (χ1) is 9.26. The van der Waals surface area contributed by atoms with Gasteiger partial charge in [0.05, 0.1) is 16.4 Å². The summed E-state index contributed by atoms with van der Waals surface area (Å²) < 4.78 is 2.02. The number of halogens is 1. The number of nitrogens with two attached hydrogens (primary N) is 1. The van der Waals surface area contributed by atoms with Crippen LogP contribution in [-0.4, -0.2) is 15.3 Å². The van der Waals surface area contributed by atoms with Gasteiger partial charge < -0.3 is 5.73 Å². The maximum Gasteiger partial charge on any atom is 0.0847 e. The number of hydrogen-bond acceptors (Lipinski definition) is 2. The Hall–Kier alpha value is -0.540. The van der Waals surface area contributed by atoms with Gasteiger partial charge in [0.15, 0.2) is 0 Å². The molecule has 0 bridgehead atoms. The molecular weight excluding hydrogens is 270 g/mol. The molecule has 1 aromatic rings. The number of aryl methyl sites for hydroxylation is 2. The van der Waals surface area contributed by atoms with E-state index in [1.165, 1.54) is 19.3 Å². The van der Waals surface area contributed by atoms with Gasteiger partial charge in [-0.2, -0.15) is 5.10 Å². The van der Waals surface area contributed by atoms with Crippen LogP contribution in [0.3, 0.4) is 0 Å². The summed E-state index contributed by atoms with van der Waals surface area (Å²) in [5, 5.41) is 5.31. The summed E-state index contributed by atoms with van der Waals surface area (Å²) in [4.78, 5) is 0. The monoisotopic (exact) mass is 297 g/mol. The Morgan fingerprint density at radius 2 is 1.95 bits per heavy atom. The van der Waals surface area contributed by atoms with Gasteiger partial charge in [-0.3, -0.25) is 4.68 Å². The normalized spacial score (nSPS) is 26.5. The van der Waals surface area contributed by atoms with Crippen molar-refractivity contribution in [3.05, 3.63) is 16.4 Å². The molecule has 114 valence electrons. The van der Waals surface area contributed by atoms with E-state index in [2.05, 4.69) is 25.9 Å². The van der Waals surface area contributed by atoms with Gasteiger partial charge in [-0.05, 0) is 44.9 Å². The molecule has 1 atom stereocenters. The lowest BCUT2D eigenvalue weighted by Crippen LogP contribution is -2.42. The summed E-state index contributed by atoms with van der Waals surface area (Å²) in [5.74, 6) is 0. The Labute approximate surface area is 127 Å². The fraction of sp³-hybridized carbons (Fsp3) is 0.812. The molecule has 0 aliphatic heterocycles. The third-order valence-corrected chi connectivity index (χ3v) is 5.29. The molecule has 0 radical (unpaired) electrons. The van der Waals surface area contributed by atoms with Crippen molar-refractivity contribution < 1.29 is 0 Å². The van der Waals surface area contributed by atoms with E-state index in [0.717, 1.165) is 42.2 Å². The Morgan fingerprint density at radius 3 is 2.60 bits per heavy atom. The maximum absolute atomic E-state index is 6.71. The van der Waals surface area contributed by atoms with Crippen molar-refractivity contribution >= 4 is 11.6 Å². The Balaban J connectivity index is 2.20. The minimum absolute atomic E-state index is 0.128. The van der Waals surface area contributed by atoms with Crippen LogP contribution in [0.25, 0.3) is 0 Å². The van der Waals surface area contributed by atoms with Crippen LogP contribution in [0, 0.1) is 12.3 Å². The zero-order chi connectivity index (χ0) is 15.0. The van der Waals surface area contributed by atoms with Crippen LogP contribution in [0.5, 0.6) is 0 Å². The lowest BCUT2D eigenvalue weighted by molar-refractivity contribution is 0.295. The summed E-state index contributed by atoms with van der Waals surface area (Å²) in [6, 6.07) is 0. The molecule has 0 amide bonds. The highest BCUT2D eigenvalue weighted by Gasteiger charge is 2.34. The van der Waals surface area contributed by atoms with Gasteiger partial charge >= 0.3 is 0 Å². The Bertz CT molecular complexity index is 478. The van der Waals surface area contributed by atoms with Crippen molar-refractivity contribution in [3.8, 4) is 0 Å². The molecule has 0 saturated heterocycles. The van der Waals surface area contributed by atoms with E-state index in [1.54, 1.807) is 0 Å². The first kappa shape index (κ1) is 15.8. The molecular formula is C16H28ClN3. The molecule has 1 aliphatic rings. The molecule has 2 N–H and O–H groups in total.